The number of carbonyl (C=O) groups is 1. The number of ether oxygens (including phenoxy) is 1. The average Bonchev–Trinajstić information content (AvgIpc) is 3.19. The third kappa shape index (κ3) is 2.97. The monoisotopic (exact) mass is 333 g/mol. The van der Waals surface area contributed by atoms with Gasteiger partial charge in [0.15, 0.2) is 5.89 Å². The Labute approximate surface area is 143 Å². The normalized spacial score (nSPS) is 29.7. The van der Waals surface area contributed by atoms with Crippen molar-refractivity contribution in [2.24, 2.45) is 5.41 Å². The van der Waals surface area contributed by atoms with Gasteiger partial charge in [0.1, 0.15) is 6.26 Å². The van der Waals surface area contributed by atoms with Crippen molar-refractivity contribution in [3.8, 4) is 0 Å². The molecule has 3 aliphatic rings. The molecule has 0 radical (unpaired) electrons. The van der Waals surface area contributed by atoms with Crippen LogP contribution in [-0.2, 0) is 16.1 Å². The first-order valence-electron chi connectivity index (χ1n) is 9.18. The summed E-state index contributed by atoms with van der Waals surface area (Å²) < 4.78 is 10.8. The Hall–Kier alpha value is -1.40. The van der Waals surface area contributed by atoms with Gasteiger partial charge in [0.05, 0.1) is 11.1 Å². The van der Waals surface area contributed by atoms with Crippen LogP contribution in [0.15, 0.2) is 10.7 Å². The summed E-state index contributed by atoms with van der Waals surface area (Å²) in [6.45, 7) is 6.98. The standard InChI is InChI=1S/C18H27N3O3/c1-14-19-15(12-24-14)11-20-8-6-18(13-20)5-2-7-21(17(18)22)16-3-9-23-10-4-16/h12,16H,2-11,13H2,1H3. The van der Waals surface area contributed by atoms with E-state index in [9.17, 15) is 4.79 Å². The molecule has 0 aliphatic carbocycles. The largest absolute Gasteiger partial charge is 0.449 e. The molecule has 24 heavy (non-hydrogen) atoms. The first kappa shape index (κ1) is 16.1. The lowest BCUT2D eigenvalue weighted by atomic mass is 9.77. The van der Waals surface area contributed by atoms with E-state index in [1.807, 2.05) is 6.92 Å². The molecule has 0 aromatic carbocycles. The number of piperidine rings is 1. The summed E-state index contributed by atoms with van der Waals surface area (Å²) in [4.78, 5) is 22.2. The third-order valence-electron chi connectivity index (χ3n) is 5.89. The van der Waals surface area contributed by atoms with Crippen LogP contribution in [0, 0.1) is 12.3 Å². The number of nitrogens with zero attached hydrogens (tertiary/aromatic N) is 3. The number of rotatable bonds is 3. The van der Waals surface area contributed by atoms with Crippen LogP contribution in [0.4, 0.5) is 0 Å². The molecule has 6 nitrogen and oxygen atoms in total. The Bertz CT molecular complexity index is 596. The zero-order valence-corrected chi connectivity index (χ0v) is 14.5. The molecule has 4 heterocycles. The molecule has 1 aromatic heterocycles. The Morgan fingerprint density at radius 1 is 1.29 bits per heavy atom. The van der Waals surface area contributed by atoms with Crippen LogP contribution in [0.2, 0.25) is 0 Å². The van der Waals surface area contributed by atoms with E-state index in [4.69, 9.17) is 9.15 Å². The molecule has 6 heteroatoms. The first-order valence-corrected chi connectivity index (χ1v) is 9.18. The number of hydrogen-bond donors (Lipinski definition) is 0. The van der Waals surface area contributed by atoms with Gasteiger partial charge < -0.3 is 14.1 Å². The van der Waals surface area contributed by atoms with Crippen molar-refractivity contribution in [3.05, 3.63) is 17.8 Å². The SMILES string of the molecule is Cc1nc(CN2CCC3(CCCN(C4CCOCC4)C3=O)C2)co1. The van der Waals surface area contributed by atoms with Crippen molar-refractivity contribution in [2.75, 3.05) is 32.8 Å². The predicted molar refractivity (Wildman–Crippen MR) is 88.4 cm³/mol. The summed E-state index contributed by atoms with van der Waals surface area (Å²) >= 11 is 0. The van der Waals surface area contributed by atoms with E-state index < -0.39 is 0 Å². The molecular formula is C18H27N3O3. The van der Waals surface area contributed by atoms with E-state index in [0.29, 0.717) is 17.8 Å². The lowest BCUT2D eigenvalue weighted by Crippen LogP contribution is -2.54. The highest BCUT2D eigenvalue weighted by Crippen LogP contribution is 2.41. The maximum absolute atomic E-state index is 13.3. The number of likely N-dealkylation sites (tertiary alicyclic amines) is 2. The minimum Gasteiger partial charge on any atom is -0.449 e. The van der Waals surface area contributed by atoms with Crippen LogP contribution in [0.5, 0.6) is 0 Å². The van der Waals surface area contributed by atoms with Crippen molar-refractivity contribution < 1.29 is 13.9 Å². The lowest BCUT2D eigenvalue weighted by molar-refractivity contribution is -0.150. The average molecular weight is 333 g/mol. The van der Waals surface area contributed by atoms with Gasteiger partial charge in [0, 0.05) is 45.8 Å². The van der Waals surface area contributed by atoms with Crippen molar-refractivity contribution in [2.45, 2.75) is 51.6 Å². The number of hydrogen-bond acceptors (Lipinski definition) is 5. The number of carbonyl (C=O) groups excluding carboxylic acids is 1. The molecule has 1 spiro atoms. The minimum absolute atomic E-state index is 0.171. The van der Waals surface area contributed by atoms with E-state index in [0.717, 1.165) is 77.2 Å². The highest BCUT2D eigenvalue weighted by Gasteiger charge is 2.49. The van der Waals surface area contributed by atoms with Crippen molar-refractivity contribution >= 4 is 5.91 Å². The summed E-state index contributed by atoms with van der Waals surface area (Å²) in [5.41, 5.74) is 0.795. The molecule has 4 rings (SSSR count). The second kappa shape index (κ2) is 6.48. The fraction of sp³-hybridized carbons (Fsp3) is 0.778. The Morgan fingerprint density at radius 2 is 2.12 bits per heavy atom. The fourth-order valence-corrected chi connectivity index (χ4v) is 4.63. The first-order chi connectivity index (χ1) is 11.7. The molecule has 132 valence electrons. The van der Waals surface area contributed by atoms with Gasteiger partial charge in [-0.15, -0.1) is 0 Å². The number of aryl methyl sites for hydroxylation is 1. The van der Waals surface area contributed by atoms with Crippen molar-refractivity contribution in [1.29, 1.82) is 0 Å². The zero-order chi connectivity index (χ0) is 16.6. The summed E-state index contributed by atoms with van der Waals surface area (Å²) in [5, 5.41) is 0. The molecule has 0 bridgehead atoms. The Kier molecular flexibility index (Phi) is 4.35. The molecule has 1 amide bonds. The second-order valence-corrected chi connectivity index (χ2v) is 7.54. The number of amides is 1. The van der Waals surface area contributed by atoms with Gasteiger partial charge in [0.25, 0.3) is 0 Å². The van der Waals surface area contributed by atoms with Crippen molar-refractivity contribution in [1.82, 2.24) is 14.8 Å². The van der Waals surface area contributed by atoms with Gasteiger partial charge in [-0.3, -0.25) is 9.69 Å². The van der Waals surface area contributed by atoms with Gasteiger partial charge >= 0.3 is 0 Å². The van der Waals surface area contributed by atoms with Gasteiger partial charge in [0.2, 0.25) is 5.91 Å². The van der Waals surface area contributed by atoms with Gasteiger partial charge in [-0.05, 0) is 38.6 Å². The maximum atomic E-state index is 13.3. The van der Waals surface area contributed by atoms with Crippen LogP contribution >= 0.6 is 0 Å². The Morgan fingerprint density at radius 3 is 2.88 bits per heavy atom. The number of oxazole rings is 1. The van der Waals surface area contributed by atoms with Crippen LogP contribution in [0.3, 0.4) is 0 Å². The summed E-state index contributed by atoms with van der Waals surface area (Å²) in [5.74, 6) is 1.10. The van der Waals surface area contributed by atoms with Crippen LogP contribution in [-0.4, -0.2) is 59.6 Å². The number of aromatic nitrogens is 1. The summed E-state index contributed by atoms with van der Waals surface area (Å²) in [7, 11) is 0. The molecule has 3 aliphatic heterocycles. The molecule has 1 atom stereocenters. The molecular weight excluding hydrogens is 306 g/mol. The predicted octanol–water partition coefficient (Wildman–Crippen LogP) is 1.98. The molecule has 0 saturated carbocycles. The molecule has 1 aromatic rings. The van der Waals surface area contributed by atoms with E-state index in [-0.39, 0.29) is 5.41 Å². The van der Waals surface area contributed by atoms with E-state index in [1.54, 1.807) is 6.26 Å². The quantitative estimate of drug-likeness (QED) is 0.846. The van der Waals surface area contributed by atoms with E-state index in [2.05, 4.69) is 14.8 Å². The smallest absolute Gasteiger partial charge is 0.230 e. The lowest BCUT2D eigenvalue weighted by Gasteiger charge is -2.44. The Balaban J connectivity index is 1.43. The van der Waals surface area contributed by atoms with Crippen LogP contribution < -0.4 is 0 Å². The van der Waals surface area contributed by atoms with E-state index >= 15 is 0 Å². The van der Waals surface area contributed by atoms with Crippen LogP contribution in [0.25, 0.3) is 0 Å². The summed E-state index contributed by atoms with van der Waals surface area (Å²) in [6, 6.07) is 0.385. The van der Waals surface area contributed by atoms with Gasteiger partial charge in [-0.2, -0.15) is 0 Å². The topological polar surface area (TPSA) is 58.8 Å². The van der Waals surface area contributed by atoms with Crippen LogP contribution in [0.1, 0.15) is 43.7 Å². The summed E-state index contributed by atoms with van der Waals surface area (Å²) in [6.07, 6.45) is 6.84. The minimum atomic E-state index is -0.171. The van der Waals surface area contributed by atoms with Gasteiger partial charge in [-0.25, -0.2) is 4.98 Å². The zero-order valence-electron chi connectivity index (χ0n) is 14.5. The molecule has 0 N–H and O–H groups in total. The maximum Gasteiger partial charge on any atom is 0.230 e. The third-order valence-corrected chi connectivity index (χ3v) is 5.89. The molecule has 1 unspecified atom stereocenters. The second-order valence-electron chi connectivity index (χ2n) is 7.54. The molecule has 3 saturated heterocycles. The fourth-order valence-electron chi connectivity index (χ4n) is 4.63. The highest BCUT2D eigenvalue weighted by atomic mass is 16.5. The van der Waals surface area contributed by atoms with Crippen molar-refractivity contribution in [3.63, 3.8) is 0 Å². The highest BCUT2D eigenvalue weighted by molar-refractivity contribution is 5.84. The molecule has 3 fully saturated rings. The van der Waals surface area contributed by atoms with E-state index in [1.165, 1.54) is 0 Å². The van der Waals surface area contributed by atoms with Gasteiger partial charge in [-0.1, -0.05) is 0 Å².